The van der Waals surface area contributed by atoms with Gasteiger partial charge in [-0.25, -0.2) is 9.97 Å². The Morgan fingerprint density at radius 1 is 1.26 bits per heavy atom. The molecule has 1 saturated carbocycles. The van der Waals surface area contributed by atoms with Gasteiger partial charge in [-0.2, -0.15) is 11.8 Å². The highest BCUT2D eigenvalue weighted by Crippen LogP contribution is 2.34. The molecule has 4 nitrogen and oxygen atoms in total. The van der Waals surface area contributed by atoms with Crippen LogP contribution in [0.4, 0.5) is 11.6 Å². The molecule has 19 heavy (non-hydrogen) atoms. The van der Waals surface area contributed by atoms with Gasteiger partial charge in [0.15, 0.2) is 0 Å². The minimum atomic E-state index is 0.403. The van der Waals surface area contributed by atoms with Gasteiger partial charge >= 0.3 is 0 Å². The van der Waals surface area contributed by atoms with E-state index >= 15 is 0 Å². The normalized spacial score (nSPS) is 22.8. The van der Waals surface area contributed by atoms with E-state index in [0.29, 0.717) is 17.2 Å². The third-order valence-electron chi connectivity index (χ3n) is 3.78. The lowest BCUT2D eigenvalue weighted by Crippen LogP contribution is -2.27. The molecule has 106 valence electrons. The van der Waals surface area contributed by atoms with Crippen LogP contribution in [-0.2, 0) is 0 Å². The first-order valence-corrected chi connectivity index (χ1v) is 8.28. The second kappa shape index (κ2) is 6.46. The van der Waals surface area contributed by atoms with Crippen LogP contribution in [0.5, 0.6) is 0 Å². The molecule has 2 atom stereocenters. The molecule has 1 fully saturated rings. The fourth-order valence-corrected chi connectivity index (χ4v) is 3.74. The van der Waals surface area contributed by atoms with Crippen molar-refractivity contribution in [1.29, 1.82) is 0 Å². The van der Waals surface area contributed by atoms with Crippen molar-refractivity contribution in [3.8, 4) is 0 Å². The highest BCUT2D eigenvalue weighted by molar-refractivity contribution is 7.99. The van der Waals surface area contributed by atoms with Crippen LogP contribution in [0.1, 0.15) is 44.6 Å². The van der Waals surface area contributed by atoms with Crippen LogP contribution in [0, 0.1) is 0 Å². The first kappa shape index (κ1) is 14.4. The number of aromatic nitrogens is 2. The molecular weight excluding hydrogens is 256 g/mol. The number of thioether (sulfide) groups is 1. The first-order valence-electron chi connectivity index (χ1n) is 6.99. The van der Waals surface area contributed by atoms with Crippen molar-refractivity contribution in [1.82, 2.24) is 9.97 Å². The van der Waals surface area contributed by atoms with Crippen molar-refractivity contribution in [3.63, 3.8) is 0 Å². The van der Waals surface area contributed by atoms with Crippen LogP contribution in [0.25, 0.3) is 0 Å². The SMILES string of the molecule is CNc1ncnc(NC2CCCC2SC)c1C(C)C. The summed E-state index contributed by atoms with van der Waals surface area (Å²) in [6.07, 6.45) is 7.70. The standard InChI is InChI=1S/C14H24N4S/c1-9(2)12-13(15-3)16-8-17-14(12)18-10-6-5-7-11(10)19-4/h8-11H,5-7H2,1-4H3,(H2,15,16,17,18). The van der Waals surface area contributed by atoms with Gasteiger partial charge in [0.1, 0.15) is 18.0 Å². The van der Waals surface area contributed by atoms with E-state index in [2.05, 4.69) is 40.7 Å². The Morgan fingerprint density at radius 3 is 2.63 bits per heavy atom. The molecule has 1 aromatic heterocycles. The molecule has 5 heteroatoms. The van der Waals surface area contributed by atoms with Crippen molar-refractivity contribution in [3.05, 3.63) is 11.9 Å². The molecule has 0 spiro atoms. The van der Waals surface area contributed by atoms with E-state index in [1.807, 2.05) is 18.8 Å². The van der Waals surface area contributed by atoms with Crippen molar-refractivity contribution in [2.24, 2.45) is 0 Å². The zero-order valence-electron chi connectivity index (χ0n) is 12.2. The highest BCUT2D eigenvalue weighted by atomic mass is 32.2. The average Bonchev–Trinajstić information content (AvgIpc) is 2.85. The quantitative estimate of drug-likeness (QED) is 0.866. The van der Waals surface area contributed by atoms with E-state index in [0.717, 1.165) is 11.6 Å². The summed E-state index contributed by atoms with van der Waals surface area (Å²) >= 11 is 1.96. The van der Waals surface area contributed by atoms with Gasteiger partial charge in [0.05, 0.1) is 0 Å². The lowest BCUT2D eigenvalue weighted by atomic mass is 10.0. The number of rotatable bonds is 5. The summed E-state index contributed by atoms with van der Waals surface area (Å²) in [5.74, 6) is 2.34. The predicted molar refractivity (Wildman–Crippen MR) is 84.2 cm³/mol. The molecule has 0 radical (unpaired) electrons. The summed E-state index contributed by atoms with van der Waals surface area (Å²) in [6, 6.07) is 0.534. The Morgan fingerprint density at radius 2 is 2.00 bits per heavy atom. The van der Waals surface area contributed by atoms with Gasteiger partial charge in [0, 0.05) is 23.9 Å². The maximum Gasteiger partial charge on any atom is 0.135 e. The third kappa shape index (κ3) is 3.14. The van der Waals surface area contributed by atoms with Crippen LogP contribution in [0.2, 0.25) is 0 Å². The Balaban J connectivity index is 2.24. The lowest BCUT2D eigenvalue weighted by Gasteiger charge is -2.23. The van der Waals surface area contributed by atoms with Crippen LogP contribution in [-0.4, -0.2) is 34.6 Å². The number of nitrogens with one attached hydrogen (secondary N) is 2. The molecule has 1 aromatic rings. The molecule has 2 rings (SSSR count). The largest absolute Gasteiger partial charge is 0.373 e. The number of anilines is 2. The van der Waals surface area contributed by atoms with Crippen molar-refractivity contribution in [2.75, 3.05) is 23.9 Å². The van der Waals surface area contributed by atoms with Crippen molar-refractivity contribution < 1.29 is 0 Å². The molecule has 2 unspecified atom stereocenters. The number of nitrogens with zero attached hydrogens (tertiary/aromatic N) is 2. The fourth-order valence-electron chi connectivity index (χ4n) is 2.81. The zero-order valence-corrected chi connectivity index (χ0v) is 13.0. The van der Waals surface area contributed by atoms with Crippen molar-refractivity contribution in [2.45, 2.75) is 50.3 Å². The van der Waals surface area contributed by atoms with E-state index < -0.39 is 0 Å². The fraction of sp³-hybridized carbons (Fsp3) is 0.714. The molecule has 1 aliphatic rings. The van der Waals surface area contributed by atoms with E-state index in [1.54, 1.807) is 6.33 Å². The lowest BCUT2D eigenvalue weighted by molar-refractivity contribution is 0.752. The summed E-state index contributed by atoms with van der Waals surface area (Å²) in [5.41, 5.74) is 1.19. The summed E-state index contributed by atoms with van der Waals surface area (Å²) in [7, 11) is 1.91. The summed E-state index contributed by atoms with van der Waals surface area (Å²) < 4.78 is 0. The van der Waals surface area contributed by atoms with E-state index in [-0.39, 0.29) is 0 Å². The Hall–Kier alpha value is -0.970. The van der Waals surface area contributed by atoms with Gasteiger partial charge in [-0.3, -0.25) is 0 Å². The van der Waals surface area contributed by atoms with Gasteiger partial charge in [0.25, 0.3) is 0 Å². The monoisotopic (exact) mass is 280 g/mol. The summed E-state index contributed by atoms with van der Waals surface area (Å²) in [5, 5.41) is 7.53. The molecule has 0 saturated heterocycles. The van der Waals surface area contributed by atoms with Gasteiger partial charge in [-0.15, -0.1) is 0 Å². The topological polar surface area (TPSA) is 49.8 Å². The van der Waals surface area contributed by atoms with Gasteiger partial charge in [-0.1, -0.05) is 20.3 Å². The first-order chi connectivity index (χ1) is 9.17. The van der Waals surface area contributed by atoms with Gasteiger partial charge < -0.3 is 10.6 Å². The number of hydrogen-bond acceptors (Lipinski definition) is 5. The van der Waals surface area contributed by atoms with E-state index in [9.17, 15) is 0 Å². The van der Waals surface area contributed by atoms with Crippen LogP contribution in [0.15, 0.2) is 6.33 Å². The second-order valence-corrected chi connectivity index (χ2v) is 6.42. The van der Waals surface area contributed by atoms with Gasteiger partial charge in [-0.05, 0) is 25.0 Å². The maximum atomic E-state index is 4.47. The average molecular weight is 280 g/mol. The zero-order chi connectivity index (χ0) is 13.8. The Kier molecular flexibility index (Phi) is 4.91. The molecule has 1 heterocycles. The molecule has 2 N–H and O–H groups in total. The molecule has 1 aliphatic carbocycles. The molecule has 0 bridgehead atoms. The molecule has 0 aliphatic heterocycles. The molecule has 0 amide bonds. The van der Waals surface area contributed by atoms with E-state index in [1.165, 1.54) is 24.8 Å². The summed E-state index contributed by atoms with van der Waals surface area (Å²) in [6.45, 7) is 4.37. The van der Waals surface area contributed by atoms with Crippen molar-refractivity contribution >= 4 is 23.4 Å². The molecular formula is C14H24N4S. The minimum Gasteiger partial charge on any atom is -0.373 e. The maximum absolute atomic E-state index is 4.47. The predicted octanol–water partition coefficient (Wildman–Crippen LogP) is 3.34. The minimum absolute atomic E-state index is 0.403. The second-order valence-electron chi connectivity index (χ2n) is 5.35. The highest BCUT2D eigenvalue weighted by Gasteiger charge is 2.28. The van der Waals surface area contributed by atoms with E-state index in [4.69, 9.17) is 0 Å². The van der Waals surface area contributed by atoms with Crippen LogP contribution >= 0.6 is 11.8 Å². The van der Waals surface area contributed by atoms with Crippen LogP contribution in [0.3, 0.4) is 0 Å². The van der Waals surface area contributed by atoms with Crippen LogP contribution < -0.4 is 10.6 Å². The van der Waals surface area contributed by atoms with Gasteiger partial charge in [0.2, 0.25) is 0 Å². The summed E-state index contributed by atoms with van der Waals surface area (Å²) in [4.78, 5) is 8.79. The third-order valence-corrected chi connectivity index (χ3v) is 4.95. The smallest absolute Gasteiger partial charge is 0.135 e. The molecule has 0 aromatic carbocycles. The Labute approximate surface area is 120 Å². The number of hydrogen-bond donors (Lipinski definition) is 2. The Bertz CT molecular complexity index is 422.